The molecule has 2 aliphatic rings. The molecular formula is C29H38N6O7. The van der Waals surface area contributed by atoms with Crippen LogP contribution in [0.3, 0.4) is 0 Å². The van der Waals surface area contributed by atoms with Crippen LogP contribution in [-0.2, 0) is 14.3 Å². The number of hydrogen-bond donors (Lipinski definition) is 3. The van der Waals surface area contributed by atoms with E-state index in [9.17, 15) is 29.4 Å². The minimum absolute atomic E-state index is 0.0290. The lowest BCUT2D eigenvalue weighted by molar-refractivity contribution is -0.138. The lowest BCUT2D eigenvalue weighted by atomic mass is 10.0. The van der Waals surface area contributed by atoms with Crippen LogP contribution in [0.1, 0.15) is 49.5 Å². The number of aliphatic hydroxyl groups excluding tert-OH is 1. The Balaban J connectivity index is 1.57. The first-order chi connectivity index (χ1) is 20.3. The van der Waals surface area contributed by atoms with Crippen molar-refractivity contribution in [3.63, 3.8) is 0 Å². The van der Waals surface area contributed by atoms with Crippen molar-refractivity contribution in [1.82, 2.24) is 25.1 Å². The fraction of sp³-hybridized carbons (Fsp3) is 0.517. The van der Waals surface area contributed by atoms with Crippen LogP contribution >= 0.6 is 0 Å². The highest BCUT2D eigenvalue weighted by molar-refractivity contribution is 5.97. The smallest absolute Gasteiger partial charge is 0.409 e. The number of piperazine rings is 1. The third kappa shape index (κ3) is 7.72. The molecule has 2 saturated heterocycles. The Hall–Kier alpha value is -4.26. The van der Waals surface area contributed by atoms with E-state index >= 15 is 0 Å². The average Bonchev–Trinajstić information content (AvgIpc) is 3.02. The largest absolute Gasteiger partial charge is 0.481 e. The molecular weight excluding hydrogens is 544 g/mol. The molecule has 2 fully saturated rings. The van der Waals surface area contributed by atoms with E-state index in [0.29, 0.717) is 23.8 Å². The molecule has 1 aromatic carbocycles. The maximum atomic E-state index is 13.6. The molecule has 42 heavy (non-hydrogen) atoms. The van der Waals surface area contributed by atoms with Crippen molar-refractivity contribution < 1.29 is 34.1 Å². The quantitative estimate of drug-likeness (QED) is 0.376. The average molecular weight is 583 g/mol. The maximum Gasteiger partial charge on any atom is 0.409 e. The van der Waals surface area contributed by atoms with E-state index in [-0.39, 0.29) is 64.0 Å². The molecule has 226 valence electrons. The van der Waals surface area contributed by atoms with E-state index in [1.807, 2.05) is 35.2 Å². The molecule has 2 aromatic rings. The van der Waals surface area contributed by atoms with Gasteiger partial charge in [0.2, 0.25) is 5.91 Å². The van der Waals surface area contributed by atoms with Gasteiger partial charge in [-0.1, -0.05) is 30.3 Å². The Kier molecular flexibility index (Phi) is 10.7. The van der Waals surface area contributed by atoms with Crippen LogP contribution < -0.4 is 10.2 Å². The second-order valence-electron chi connectivity index (χ2n) is 10.3. The summed E-state index contributed by atoms with van der Waals surface area (Å²) in [5.74, 6) is -1.34. The second-order valence-corrected chi connectivity index (χ2v) is 10.3. The number of ether oxygens (including phenoxy) is 1. The zero-order chi connectivity index (χ0) is 30.1. The predicted molar refractivity (Wildman–Crippen MR) is 153 cm³/mol. The molecule has 0 saturated carbocycles. The molecule has 2 unspecified atom stereocenters. The summed E-state index contributed by atoms with van der Waals surface area (Å²) < 4.78 is 5.03. The van der Waals surface area contributed by atoms with Gasteiger partial charge in [0.05, 0.1) is 19.3 Å². The van der Waals surface area contributed by atoms with Crippen LogP contribution in [0.25, 0.3) is 11.4 Å². The van der Waals surface area contributed by atoms with Crippen LogP contribution in [0, 0.1) is 0 Å². The summed E-state index contributed by atoms with van der Waals surface area (Å²) >= 11 is 0. The molecule has 3 amide bonds. The minimum Gasteiger partial charge on any atom is -0.481 e. The number of aliphatic hydroxyl groups is 1. The summed E-state index contributed by atoms with van der Waals surface area (Å²) in [6, 6.07) is 9.49. The molecule has 0 bridgehead atoms. The summed E-state index contributed by atoms with van der Waals surface area (Å²) in [7, 11) is 0. The topological polar surface area (TPSA) is 166 Å². The molecule has 13 nitrogen and oxygen atoms in total. The van der Waals surface area contributed by atoms with E-state index in [0.717, 1.165) is 19.3 Å². The number of carboxylic acid groups (broad SMARTS) is 1. The van der Waals surface area contributed by atoms with Crippen molar-refractivity contribution in [2.24, 2.45) is 0 Å². The van der Waals surface area contributed by atoms with Gasteiger partial charge in [-0.15, -0.1) is 0 Å². The van der Waals surface area contributed by atoms with Crippen molar-refractivity contribution in [2.75, 3.05) is 50.8 Å². The van der Waals surface area contributed by atoms with E-state index in [1.165, 1.54) is 9.80 Å². The molecule has 1 aromatic heterocycles. The van der Waals surface area contributed by atoms with Gasteiger partial charge in [0, 0.05) is 50.8 Å². The van der Waals surface area contributed by atoms with Gasteiger partial charge in [-0.05, 0) is 32.6 Å². The standard InChI is InChI=1S/C29H38N6O7/c1-2-42-29(41)34-16-14-33(15-17-34)28(40)22(11-12-25(37)38)31-27(39)23-18-24(35-13-7-6-10-21(35)19-36)32-26(30-23)20-8-4-3-5-9-20/h3-5,8-9,18,21-22,36H,2,6-7,10-17,19H2,1H3,(H,31,39)(H,37,38). The predicted octanol–water partition coefficient (Wildman–Crippen LogP) is 1.76. The summed E-state index contributed by atoms with van der Waals surface area (Å²) in [6.45, 7) is 3.56. The first-order valence-electron chi connectivity index (χ1n) is 14.4. The number of hydrogen-bond acceptors (Lipinski definition) is 9. The monoisotopic (exact) mass is 582 g/mol. The molecule has 0 spiro atoms. The molecule has 3 heterocycles. The first-order valence-corrected chi connectivity index (χ1v) is 14.4. The summed E-state index contributed by atoms with van der Waals surface area (Å²) in [6.07, 6.45) is 1.80. The first kappa shape index (κ1) is 30.7. The maximum absolute atomic E-state index is 13.6. The van der Waals surface area contributed by atoms with Crippen molar-refractivity contribution in [1.29, 1.82) is 0 Å². The number of piperidine rings is 1. The number of rotatable bonds is 10. The van der Waals surface area contributed by atoms with Crippen LogP contribution in [0.5, 0.6) is 0 Å². The number of nitrogens with one attached hydrogen (secondary N) is 1. The number of nitrogens with zero attached hydrogens (tertiary/aromatic N) is 5. The van der Waals surface area contributed by atoms with E-state index in [1.54, 1.807) is 13.0 Å². The Bertz CT molecular complexity index is 1250. The van der Waals surface area contributed by atoms with Gasteiger partial charge in [0.1, 0.15) is 17.6 Å². The zero-order valence-electron chi connectivity index (χ0n) is 23.8. The van der Waals surface area contributed by atoms with Crippen LogP contribution in [0.2, 0.25) is 0 Å². The molecule has 13 heteroatoms. The number of carbonyl (C=O) groups is 4. The Morgan fingerprint density at radius 2 is 1.74 bits per heavy atom. The third-order valence-corrected chi connectivity index (χ3v) is 7.48. The van der Waals surface area contributed by atoms with Crippen LogP contribution in [-0.4, -0.2) is 112 Å². The number of amides is 3. The third-order valence-electron chi connectivity index (χ3n) is 7.48. The van der Waals surface area contributed by atoms with Gasteiger partial charge in [0.25, 0.3) is 5.91 Å². The molecule has 3 N–H and O–H groups in total. The number of carbonyl (C=O) groups excluding carboxylic acids is 3. The van der Waals surface area contributed by atoms with Gasteiger partial charge >= 0.3 is 12.1 Å². The van der Waals surface area contributed by atoms with Gasteiger partial charge in [-0.3, -0.25) is 14.4 Å². The van der Waals surface area contributed by atoms with Crippen LogP contribution in [0.4, 0.5) is 10.6 Å². The SMILES string of the molecule is CCOC(=O)N1CCN(C(=O)C(CCC(=O)O)NC(=O)c2cc(N3CCCCC3CO)nc(-c3ccccc3)n2)CC1. The Labute approximate surface area is 244 Å². The van der Waals surface area contributed by atoms with Gasteiger partial charge < -0.3 is 35.0 Å². The highest BCUT2D eigenvalue weighted by atomic mass is 16.6. The number of aromatic nitrogens is 2. The minimum atomic E-state index is -1.11. The van der Waals surface area contributed by atoms with Gasteiger partial charge in [-0.25, -0.2) is 14.8 Å². The van der Waals surface area contributed by atoms with E-state index in [2.05, 4.69) is 10.3 Å². The number of aliphatic carboxylic acids is 1. The highest BCUT2D eigenvalue weighted by Crippen LogP contribution is 2.26. The fourth-order valence-electron chi connectivity index (χ4n) is 5.21. The number of anilines is 1. The molecule has 2 aliphatic heterocycles. The van der Waals surface area contributed by atoms with E-state index < -0.39 is 29.9 Å². The summed E-state index contributed by atoms with van der Waals surface area (Å²) in [5.41, 5.74) is 0.727. The Morgan fingerprint density at radius 3 is 2.40 bits per heavy atom. The molecule has 2 atom stereocenters. The molecule has 0 radical (unpaired) electrons. The summed E-state index contributed by atoms with van der Waals surface area (Å²) in [4.78, 5) is 64.7. The van der Waals surface area contributed by atoms with E-state index in [4.69, 9.17) is 9.72 Å². The second kappa shape index (κ2) is 14.6. The molecule has 0 aliphatic carbocycles. The highest BCUT2D eigenvalue weighted by Gasteiger charge is 2.32. The van der Waals surface area contributed by atoms with Crippen molar-refractivity contribution in [3.05, 3.63) is 42.1 Å². The fourth-order valence-corrected chi connectivity index (χ4v) is 5.21. The van der Waals surface area contributed by atoms with Crippen molar-refractivity contribution in [2.45, 2.75) is 51.1 Å². The zero-order valence-corrected chi connectivity index (χ0v) is 23.8. The summed E-state index contributed by atoms with van der Waals surface area (Å²) in [5, 5.41) is 22.0. The number of benzene rings is 1. The molecule has 4 rings (SSSR count). The van der Waals surface area contributed by atoms with Gasteiger partial charge in [-0.2, -0.15) is 0 Å². The lowest BCUT2D eigenvalue weighted by Gasteiger charge is -2.36. The van der Waals surface area contributed by atoms with Crippen molar-refractivity contribution >= 4 is 29.7 Å². The number of carboxylic acids is 1. The van der Waals surface area contributed by atoms with Crippen molar-refractivity contribution in [3.8, 4) is 11.4 Å². The lowest BCUT2D eigenvalue weighted by Crippen LogP contribution is -2.56. The normalized spacial score (nSPS) is 17.9. The Morgan fingerprint density at radius 1 is 1.02 bits per heavy atom. The van der Waals surface area contributed by atoms with Gasteiger partial charge in [0.15, 0.2) is 5.82 Å². The van der Waals surface area contributed by atoms with Crippen LogP contribution in [0.15, 0.2) is 36.4 Å².